The van der Waals surface area contributed by atoms with Gasteiger partial charge >= 0.3 is 12.0 Å². The molecule has 3 amide bonds. The maximum Gasteiger partial charge on any atom is 0.326 e. The summed E-state index contributed by atoms with van der Waals surface area (Å²) in [5.41, 5.74) is 0. The van der Waals surface area contributed by atoms with E-state index in [4.69, 9.17) is 5.11 Å². The second-order valence-electron chi connectivity index (χ2n) is 4.30. The normalized spacial score (nSPS) is 11.8. The molecule has 0 aromatic heterocycles. The molecular weight excluding hydrogens is 238 g/mol. The van der Waals surface area contributed by atoms with Gasteiger partial charge in [-0.25, -0.2) is 9.59 Å². The van der Waals surface area contributed by atoms with Gasteiger partial charge in [0, 0.05) is 6.54 Å². The minimum absolute atomic E-state index is 0.148. The molecule has 0 aliphatic rings. The Kier molecular flexibility index (Phi) is 7.50. The average molecular weight is 259 g/mol. The lowest BCUT2D eigenvalue weighted by Crippen LogP contribution is -2.48. The third-order valence-corrected chi connectivity index (χ3v) is 2.09. The summed E-state index contributed by atoms with van der Waals surface area (Å²) < 4.78 is 0. The Morgan fingerprint density at radius 3 is 2.22 bits per heavy atom. The van der Waals surface area contributed by atoms with Crippen molar-refractivity contribution in [3.63, 3.8) is 0 Å². The van der Waals surface area contributed by atoms with Crippen LogP contribution in [0.1, 0.15) is 27.2 Å². The Bertz CT molecular complexity index is 305. The van der Waals surface area contributed by atoms with Crippen molar-refractivity contribution < 1.29 is 19.5 Å². The monoisotopic (exact) mass is 259 g/mol. The van der Waals surface area contributed by atoms with E-state index in [1.807, 2.05) is 13.8 Å². The van der Waals surface area contributed by atoms with Gasteiger partial charge < -0.3 is 21.1 Å². The van der Waals surface area contributed by atoms with Crippen LogP contribution in [-0.2, 0) is 9.59 Å². The molecule has 0 heterocycles. The average Bonchev–Trinajstić information content (AvgIpc) is 2.25. The Morgan fingerprint density at radius 2 is 1.78 bits per heavy atom. The Labute approximate surface area is 106 Å². The Balaban J connectivity index is 4.10. The molecule has 0 bridgehead atoms. The van der Waals surface area contributed by atoms with Crippen molar-refractivity contribution in [1.29, 1.82) is 0 Å². The number of hydrogen-bond donors (Lipinski definition) is 4. The molecule has 0 saturated carbocycles. The van der Waals surface area contributed by atoms with E-state index >= 15 is 0 Å². The van der Waals surface area contributed by atoms with Gasteiger partial charge in [-0.05, 0) is 19.3 Å². The molecule has 0 saturated heterocycles. The van der Waals surface area contributed by atoms with Gasteiger partial charge in [0.2, 0.25) is 5.91 Å². The molecule has 1 atom stereocenters. The predicted molar refractivity (Wildman–Crippen MR) is 66.1 cm³/mol. The SMILES string of the molecule is CCNC(=O)CNC(=O)N[C@H](CC(C)C)C(=O)O. The van der Waals surface area contributed by atoms with Gasteiger partial charge in [0.15, 0.2) is 0 Å². The van der Waals surface area contributed by atoms with Crippen LogP contribution in [0.5, 0.6) is 0 Å². The molecule has 0 aromatic carbocycles. The zero-order chi connectivity index (χ0) is 14.1. The number of nitrogens with one attached hydrogen (secondary N) is 3. The van der Waals surface area contributed by atoms with Crippen LogP contribution < -0.4 is 16.0 Å². The van der Waals surface area contributed by atoms with Crippen LogP contribution >= 0.6 is 0 Å². The Morgan fingerprint density at radius 1 is 1.17 bits per heavy atom. The third-order valence-electron chi connectivity index (χ3n) is 2.09. The van der Waals surface area contributed by atoms with Crippen LogP contribution in [0.15, 0.2) is 0 Å². The number of rotatable bonds is 7. The zero-order valence-corrected chi connectivity index (χ0v) is 10.9. The van der Waals surface area contributed by atoms with E-state index < -0.39 is 18.0 Å². The Hall–Kier alpha value is -1.79. The number of carboxylic acids is 1. The lowest BCUT2D eigenvalue weighted by atomic mass is 10.0. The fraction of sp³-hybridized carbons (Fsp3) is 0.727. The molecule has 104 valence electrons. The van der Waals surface area contributed by atoms with E-state index in [-0.39, 0.29) is 18.4 Å². The summed E-state index contributed by atoms with van der Waals surface area (Å²) in [6.07, 6.45) is 0.337. The molecule has 18 heavy (non-hydrogen) atoms. The number of carboxylic acid groups (broad SMARTS) is 1. The summed E-state index contributed by atoms with van der Waals surface area (Å²) in [4.78, 5) is 33.3. The first kappa shape index (κ1) is 16.2. The van der Waals surface area contributed by atoms with Crippen LogP contribution in [0, 0.1) is 5.92 Å². The summed E-state index contributed by atoms with van der Waals surface area (Å²) in [5.74, 6) is -1.25. The van der Waals surface area contributed by atoms with Crippen molar-refractivity contribution in [2.24, 2.45) is 5.92 Å². The van der Waals surface area contributed by atoms with Crippen molar-refractivity contribution in [1.82, 2.24) is 16.0 Å². The molecule has 7 heteroatoms. The molecule has 0 fully saturated rings. The smallest absolute Gasteiger partial charge is 0.326 e. The third kappa shape index (κ3) is 7.48. The van der Waals surface area contributed by atoms with Gasteiger partial charge in [0.1, 0.15) is 6.04 Å². The molecule has 7 nitrogen and oxygen atoms in total. The van der Waals surface area contributed by atoms with Gasteiger partial charge in [0.05, 0.1) is 6.54 Å². The number of hydrogen-bond acceptors (Lipinski definition) is 3. The molecular formula is C11H21N3O4. The highest BCUT2D eigenvalue weighted by molar-refractivity contribution is 5.86. The molecule has 0 radical (unpaired) electrons. The number of carbonyl (C=O) groups excluding carboxylic acids is 2. The lowest BCUT2D eigenvalue weighted by molar-refractivity contribution is -0.139. The second kappa shape index (κ2) is 8.32. The fourth-order valence-electron chi connectivity index (χ4n) is 1.32. The number of likely N-dealkylation sites (N-methyl/N-ethyl adjacent to an activating group) is 1. The van der Waals surface area contributed by atoms with Crippen LogP contribution in [0.25, 0.3) is 0 Å². The predicted octanol–water partition coefficient (Wildman–Crippen LogP) is -0.0790. The maximum absolute atomic E-state index is 11.4. The van der Waals surface area contributed by atoms with Gasteiger partial charge in [-0.3, -0.25) is 4.79 Å². The first-order valence-electron chi connectivity index (χ1n) is 5.90. The minimum Gasteiger partial charge on any atom is -0.480 e. The molecule has 0 aromatic rings. The van der Waals surface area contributed by atoms with Gasteiger partial charge in [-0.1, -0.05) is 13.8 Å². The highest BCUT2D eigenvalue weighted by atomic mass is 16.4. The number of aliphatic carboxylic acids is 1. The van der Waals surface area contributed by atoms with Crippen molar-refractivity contribution in [2.75, 3.05) is 13.1 Å². The van der Waals surface area contributed by atoms with Crippen LogP contribution in [0.3, 0.4) is 0 Å². The zero-order valence-electron chi connectivity index (χ0n) is 10.9. The molecule has 0 unspecified atom stereocenters. The second-order valence-corrected chi connectivity index (χ2v) is 4.30. The number of amides is 3. The van der Waals surface area contributed by atoms with Crippen molar-refractivity contribution in [3.05, 3.63) is 0 Å². The number of urea groups is 1. The molecule has 4 N–H and O–H groups in total. The van der Waals surface area contributed by atoms with Crippen LogP contribution in [-0.4, -0.2) is 42.1 Å². The lowest BCUT2D eigenvalue weighted by Gasteiger charge is -2.16. The highest BCUT2D eigenvalue weighted by Crippen LogP contribution is 2.04. The summed E-state index contributed by atoms with van der Waals surface area (Å²) in [6.45, 7) is 5.80. The van der Waals surface area contributed by atoms with E-state index in [1.165, 1.54) is 0 Å². The summed E-state index contributed by atoms with van der Waals surface area (Å²) in [7, 11) is 0. The van der Waals surface area contributed by atoms with E-state index in [0.29, 0.717) is 13.0 Å². The standard InChI is InChI=1S/C11H21N3O4/c1-4-12-9(15)6-13-11(18)14-8(10(16)17)5-7(2)3/h7-8H,4-6H2,1-3H3,(H,12,15)(H,16,17)(H2,13,14,18)/t8-/m1/s1. The topological polar surface area (TPSA) is 108 Å². The first-order chi connectivity index (χ1) is 8.36. The van der Waals surface area contributed by atoms with E-state index in [9.17, 15) is 14.4 Å². The van der Waals surface area contributed by atoms with Crippen molar-refractivity contribution in [2.45, 2.75) is 33.2 Å². The van der Waals surface area contributed by atoms with Crippen LogP contribution in [0.2, 0.25) is 0 Å². The van der Waals surface area contributed by atoms with E-state index in [2.05, 4.69) is 16.0 Å². The summed E-state index contributed by atoms with van der Waals surface area (Å²) >= 11 is 0. The van der Waals surface area contributed by atoms with Gasteiger partial charge in [-0.15, -0.1) is 0 Å². The van der Waals surface area contributed by atoms with E-state index in [1.54, 1.807) is 6.92 Å². The summed E-state index contributed by atoms with van der Waals surface area (Å²) in [6, 6.07) is -1.60. The minimum atomic E-state index is -1.09. The molecule has 0 spiro atoms. The fourth-order valence-corrected chi connectivity index (χ4v) is 1.32. The van der Waals surface area contributed by atoms with Gasteiger partial charge in [-0.2, -0.15) is 0 Å². The maximum atomic E-state index is 11.4. The first-order valence-corrected chi connectivity index (χ1v) is 5.90. The van der Waals surface area contributed by atoms with E-state index in [0.717, 1.165) is 0 Å². The highest BCUT2D eigenvalue weighted by Gasteiger charge is 2.20. The molecule has 0 rings (SSSR count). The van der Waals surface area contributed by atoms with Gasteiger partial charge in [0.25, 0.3) is 0 Å². The summed E-state index contributed by atoms with van der Waals surface area (Å²) in [5, 5.41) is 16.0. The molecule has 0 aliphatic carbocycles. The van der Waals surface area contributed by atoms with Crippen LogP contribution in [0.4, 0.5) is 4.79 Å². The quantitative estimate of drug-likeness (QED) is 0.513. The largest absolute Gasteiger partial charge is 0.480 e. The molecule has 0 aliphatic heterocycles. The number of carbonyl (C=O) groups is 3. The van der Waals surface area contributed by atoms with Crippen molar-refractivity contribution in [3.8, 4) is 0 Å². The van der Waals surface area contributed by atoms with Crippen molar-refractivity contribution >= 4 is 17.9 Å².